The zero-order valence-electron chi connectivity index (χ0n) is 9.59. The van der Waals surface area contributed by atoms with Crippen molar-refractivity contribution in [2.45, 2.75) is 24.8 Å². The molecule has 0 aliphatic heterocycles. The van der Waals surface area contributed by atoms with Gasteiger partial charge in [0.25, 0.3) is 0 Å². The van der Waals surface area contributed by atoms with Crippen molar-refractivity contribution < 1.29 is 4.79 Å². The number of benzene rings is 1. The number of amides is 1. The lowest BCUT2D eigenvalue weighted by atomic mass is 10.3. The molecular weight excluding hydrogens is 279 g/mol. The van der Waals surface area contributed by atoms with Crippen LogP contribution in [-0.2, 0) is 4.79 Å². The highest BCUT2D eigenvalue weighted by molar-refractivity contribution is 8.00. The number of nitrogens with one attached hydrogen (secondary N) is 1. The van der Waals surface area contributed by atoms with Crippen LogP contribution in [-0.4, -0.2) is 17.7 Å². The monoisotopic (exact) mass is 292 g/mol. The SMILES string of the molecule is CC(C)NC(=O)CSc1c(Cl)cc(N)cc1Cl. The van der Waals surface area contributed by atoms with Crippen molar-refractivity contribution in [3.05, 3.63) is 22.2 Å². The molecule has 1 aromatic carbocycles. The molecule has 0 heterocycles. The second-order valence-corrected chi connectivity index (χ2v) is 5.62. The summed E-state index contributed by atoms with van der Waals surface area (Å²) in [4.78, 5) is 12.2. The lowest BCUT2D eigenvalue weighted by molar-refractivity contribution is -0.119. The molecule has 0 aliphatic carbocycles. The van der Waals surface area contributed by atoms with Crippen LogP contribution >= 0.6 is 35.0 Å². The minimum absolute atomic E-state index is 0.0473. The molecule has 0 unspecified atom stereocenters. The van der Waals surface area contributed by atoms with Crippen LogP contribution in [0.2, 0.25) is 10.0 Å². The molecule has 1 amide bonds. The minimum Gasteiger partial charge on any atom is -0.399 e. The summed E-state index contributed by atoms with van der Waals surface area (Å²) in [5.74, 6) is 0.232. The van der Waals surface area contributed by atoms with Crippen LogP contribution in [0.15, 0.2) is 17.0 Å². The van der Waals surface area contributed by atoms with Crippen molar-refractivity contribution in [3.8, 4) is 0 Å². The zero-order valence-corrected chi connectivity index (χ0v) is 11.9. The van der Waals surface area contributed by atoms with E-state index in [1.807, 2.05) is 13.8 Å². The predicted octanol–water partition coefficient (Wildman–Crippen LogP) is 3.19. The summed E-state index contributed by atoms with van der Waals surface area (Å²) in [7, 11) is 0. The Labute approximate surface area is 115 Å². The second-order valence-electron chi connectivity index (χ2n) is 3.82. The molecule has 0 aromatic heterocycles. The fourth-order valence-electron chi connectivity index (χ4n) is 1.22. The van der Waals surface area contributed by atoms with E-state index in [-0.39, 0.29) is 17.7 Å². The summed E-state index contributed by atoms with van der Waals surface area (Å²) in [6.07, 6.45) is 0. The number of nitrogens with two attached hydrogens (primary N) is 1. The zero-order chi connectivity index (χ0) is 13.0. The summed E-state index contributed by atoms with van der Waals surface area (Å²) < 4.78 is 0. The van der Waals surface area contributed by atoms with Crippen LogP contribution in [0.5, 0.6) is 0 Å². The van der Waals surface area contributed by atoms with Crippen LogP contribution in [0.3, 0.4) is 0 Å². The molecule has 0 bridgehead atoms. The lowest BCUT2D eigenvalue weighted by Crippen LogP contribution is -2.31. The maximum atomic E-state index is 11.5. The molecule has 0 spiro atoms. The van der Waals surface area contributed by atoms with Gasteiger partial charge in [-0.25, -0.2) is 0 Å². The van der Waals surface area contributed by atoms with E-state index in [0.29, 0.717) is 20.6 Å². The third-order valence-corrected chi connectivity index (χ3v) is 3.77. The minimum atomic E-state index is -0.0473. The van der Waals surface area contributed by atoms with E-state index in [9.17, 15) is 4.79 Å². The van der Waals surface area contributed by atoms with Crippen LogP contribution in [0.25, 0.3) is 0 Å². The molecular formula is C11H14Cl2N2OS. The number of rotatable bonds is 4. The number of carbonyl (C=O) groups is 1. The number of nitrogen functional groups attached to an aromatic ring is 1. The normalized spacial score (nSPS) is 10.6. The van der Waals surface area contributed by atoms with E-state index in [1.165, 1.54) is 11.8 Å². The van der Waals surface area contributed by atoms with Crippen molar-refractivity contribution in [1.82, 2.24) is 5.32 Å². The summed E-state index contributed by atoms with van der Waals surface area (Å²) in [5, 5.41) is 3.73. The van der Waals surface area contributed by atoms with Gasteiger partial charge in [-0.15, -0.1) is 11.8 Å². The highest BCUT2D eigenvalue weighted by Crippen LogP contribution is 2.35. The number of halogens is 2. The maximum absolute atomic E-state index is 11.5. The topological polar surface area (TPSA) is 55.1 Å². The first-order valence-electron chi connectivity index (χ1n) is 5.07. The number of hydrogen-bond acceptors (Lipinski definition) is 3. The first-order valence-corrected chi connectivity index (χ1v) is 6.81. The fourth-order valence-corrected chi connectivity index (χ4v) is 2.80. The van der Waals surface area contributed by atoms with Gasteiger partial charge in [0.05, 0.1) is 15.8 Å². The smallest absolute Gasteiger partial charge is 0.230 e. The number of carbonyl (C=O) groups excluding carboxylic acids is 1. The molecule has 0 saturated heterocycles. The highest BCUT2D eigenvalue weighted by atomic mass is 35.5. The quantitative estimate of drug-likeness (QED) is 0.662. The van der Waals surface area contributed by atoms with Crippen LogP contribution in [0.1, 0.15) is 13.8 Å². The van der Waals surface area contributed by atoms with Gasteiger partial charge in [0, 0.05) is 16.6 Å². The Balaban J connectivity index is 2.67. The molecule has 17 heavy (non-hydrogen) atoms. The molecule has 0 fully saturated rings. The van der Waals surface area contributed by atoms with Crippen LogP contribution < -0.4 is 11.1 Å². The summed E-state index contributed by atoms with van der Waals surface area (Å²) in [6, 6.07) is 3.37. The van der Waals surface area contributed by atoms with Crippen LogP contribution in [0.4, 0.5) is 5.69 Å². The Morgan fingerprint density at radius 1 is 1.41 bits per heavy atom. The molecule has 1 aromatic rings. The second kappa shape index (κ2) is 6.38. The summed E-state index contributed by atoms with van der Waals surface area (Å²) in [6.45, 7) is 3.82. The van der Waals surface area contributed by atoms with Gasteiger partial charge >= 0.3 is 0 Å². The van der Waals surface area contributed by atoms with Gasteiger partial charge in [-0.1, -0.05) is 23.2 Å². The first kappa shape index (κ1) is 14.5. The summed E-state index contributed by atoms with van der Waals surface area (Å²) >= 11 is 13.3. The van der Waals surface area contributed by atoms with Gasteiger partial charge in [-0.05, 0) is 26.0 Å². The molecule has 0 saturated carbocycles. The van der Waals surface area contributed by atoms with Crippen molar-refractivity contribution in [2.24, 2.45) is 0 Å². The van der Waals surface area contributed by atoms with Gasteiger partial charge in [-0.2, -0.15) is 0 Å². The molecule has 0 radical (unpaired) electrons. The molecule has 94 valence electrons. The maximum Gasteiger partial charge on any atom is 0.230 e. The Kier molecular flexibility index (Phi) is 5.43. The van der Waals surface area contributed by atoms with Crippen molar-refractivity contribution in [2.75, 3.05) is 11.5 Å². The third-order valence-electron chi connectivity index (χ3n) is 1.82. The van der Waals surface area contributed by atoms with E-state index >= 15 is 0 Å². The van der Waals surface area contributed by atoms with Gasteiger partial charge in [-0.3, -0.25) is 4.79 Å². The van der Waals surface area contributed by atoms with E-state index in [0.717, 1.165) is 0 Å². The molecule has 0 aliphatic rings. The van der Waals surface area contributed by atoms with Crippen molar-refractivity contribution in [3.63, 3.8) is 0 Å². The Bertz CT molecular complexity index is 401. The molecule has 3 nitrogen and oxygen atoms in total. The van der Waals surface area contributed by atoms with Crippen LogP contribution in [0, 0.1) is 0 Å². The molecule has 3 N–H and O–H groups in total. The Hall–Kier alpha value is -0.580. The molecule has 0 atom stereocenters. The van der Waals surface area contributed by atoms with Gasteiger partial charge in [0.2, 0.25) is 5.91 Å². The fraction of sp³-hybridized carbons (Fsp3) is 0.364. The molecule has 6 heteroatoms. The van der Waals surface area contributed by atoms with Gasteiger partial charge < -0.3 is 11.1 Å². The average molecular weight is 293 g/mol. The van der Waals surface area contributed by atoms with E-state index < -0.39 is 0 Å². The van der Waals surface area contributed by atoms with E-state index in [2.05, 4.69) is 5.32 Å². The van der Waals surface area contributed by atoms with Crippen molar-refractivity contribution >= 4 is 46.6 Å². The summed E-state index contributed by atoms with van der Waals surface area (Å²) in [5.41, 5.74) is 6.10. The standard InChI is InChI=1S/C11H14Cl2N2OS/c1-6(2)15-10(16)5-17-11-8(12)3-7(14)4-9(11)13/h3-4,6H,5,14H2,1-2H3,(H,15,16). The average Bonchev–Trinajstić information content (AvgIpc) is 2.14. The number of thioether (sulfide) groups is 1. The largest absolute Gasteiger partial charge is 0.399 e. The Morgan fingerprint density at radius 2 is 1.94 bits per heavy atom. The highest BCUT2D eigenvalue weighted by Gasteiger charge is 2.11. The first-order chi connectivity index (χ1) is 7.90. The Morgan fingerprint density at radius 3 is 2.41 bits per heavy atom. The van der Waals surface area contributed by atoms with E-state index in [4.69, 9.17) is 28.9 Å². The lowest BCUT2D eigenvalue weighted by Gasteiger charge is -2.10. The van der Waals surface area contributed by atoms with Crippen molar-refractivity contribution in [1.29, 1.82) is 0 Å². The number of hydrogen-bond donors (Lipinski definition) is 2. The molecule has 1 rings (SSSR count). The van der Waals surface area contributed by atoms with E-state index in [1.54, 1.807) is 12.1 Å². The number of anilines is 1. The predicted molar refractivity (Wildman–Crippen MR) is 74.9 cm³/mol. The third kappa shape index (κ3) is 4.66. The van der Waals surface area contributed by atoms with Gasteiger partial charge in [0.15, 0.2) is 0 Å². The van der Waals surface area contributed by atoms with Gasteiger partial charge in [0.1, 0.15) is 0 Å².